The van der Waals surface area contributed by atoms with Crippen molar-refractivity contribution >= 4 is 10.1 Å². The Bertz CT molecular complexity index is 245. The highest BCUT2D eigenvalue weighted by Crippen LogP contribution is 2.06. The van der Waals surface area contributed by atoms with E-state index >= 15 is 0 Å². The molecule has 0 fully saturated rings. The van der Waals surface area contributed by atoms with E-state index in [0.29, 0.717) is 0 Å². The highest BCUT2D eigenvalue weighted by molar-refractivity contribution is 7.87. The van der Waals surface area contributed by atoms with E-state index in [1.807, 2.05) is 0 Å². The lowest BCUT2D eigenvalue weighted by molar-refractivity contribution is 0.243. The first-order valence-corrected chi connectivity index (χ1v) is 5.50. The molecule has 0 rings (SSSR count). The zero-order valence-electron chi connectivity index (χ0n) is 7.89. The van der Waals surface area contributed by atoms with Crippen molar-refractivity contribution in [2.24, 2.45) is 0 Å². The minimum absolute atomic E-state index is 0.00865. The van der Waals surface area contributed by atoms with Gasteiger partial charge < -0.3 is 10.2 Å². The van der Waals surface area contributed by atoms with Gasteiger partial charge in [0.2, 0.25) is 0 Å². The molecule has 0 unspecified atom stereocenters. The SMILES string of the molecule is CC(NCCO)(NCCO)S(=O)(=O)O. The minimum Gasteiger partial charge on any atom is -0.395 e. The molecule has 0 radical (unpaired) electrons. The Balaban J connectivity index is 4.50. The van der Waals surface area contributed by atoms with Crippen molar-refractivity contribution in [3.8, 4) is 0 Å². The highest BCUT2D eigenvalue weighted by Gasteiger charge is 2.36. The van der Waals surface area contributed by atoms with Crippen molar-refractivity contribution in [2.75, 3.05) is 26.3 Å². The van der Waals surface area contributed by atoms with E-state index in [9.17, 15) is 8.42 Å². The molecule has 0 aliphatic heterocycles. The standard InChI is InChI=1S/C6H16N2O5S/c1-6(7-2-4-9,8-3-5-10)14(11,12)13/h7-10H,2-5H2,1H3,(H,11,12,13). The Labute approximate surface area is 82.9 Å². The molecule has 0 spiro atoms. The summed E-state index contributed by atoms with van der Waals surface area (Å²) >= 11 is 0. The van der Waals surface area contributed by atoms with Gasteiger partial charge in [0, 0.05) is 13.1 Å². The number of aliphatic hydroxyl groups excluding tert-OH is 2. The molecule has 8 heteroatoms. The van der Waals surface area contributed by atoms with E-state index in [-0.39, 0.29) is 26.3 Å². The molecule has 0 atom stereocenters. The predicted molar refractivity (Wildman–Crippen MR) is 50.1 cm³/mol. The average Bonchev–Trinajstić information content (AvgIpc) is 2.09. The van der Waals surface area contributed by atoms with Crippen molar-refractivity contribution in [2.45, 2.75) is 11.9 Å². The minimum atomic E-state index is -4.35. The molecule has 0 heterocycles. The molecule has 7 nitrogen and oxygen atoms in total. The van der Waals surface area contributed by atoms with Gasteiger partial charge in [-0.15, -0.1) is 0 Å². The molecule has 0 bridgehead atoms. The molecule has 0 amide bonds. The van der Waals surface area contributed by atoms with E-state index in [1.165, 1.54) is 6.92 Å². The zero-order chi connectivity index (χ0) is 11.2. The van der Waals surface area contributed by atoms with Gasteiger partial charge >= 0.3 is 0 Å². The fourth-order valence-corrected chi connectivity index (χ4v) is 1.40. The van der Waals surface area contributed by atoms with Crippen LogP contribution in [0, 0.1) is 0 Å². The second kappa shape index (κ2) is 5.59. The summed E-state index contributed by atoms with van der Waals surface area (Å²) in [6, 6.07) is 0. The summed E-state index contributed by atoms with van der Waals surface area (Å²) in [4.78, 5) is -1.75. The molecule has 5 N–H and O–H groups in total. The molecule has 0 aromatic rings. The highest BCUT2D eigenvalue weighted by atomic mass is 32.2. The smallest absolute Gasteiger partial charge is 0.297 e. The summed E-state index contributed by atoms with van der Waals surface area (Å²) in [5, 5.41) is 21.8. The van der Waals surface area contributed by atoms with Gasteiger partial charge in [0.1, 0.15) is 0 Å². The van der Waals surface area contributed by atoms with E-state index in [2.05, 4.69) is 10.6 Å². The van der Waals surface area contributed by atoms with Gasteiger partial charge in [-0.1, -0.05) is 0 Å². The van der Waals surface area contributed by atoms with Crippen LogP contribution in [0.3, 0.4) is 0 Å². The third-order valence-electron chi connectivity index (χ3n) is 1.66. The number of aliphatic hydroxyl groups is 2. The maximum Gasteiger partial charge on any atom is 0.297 e. The van der Waals surface area contributed by atoms with Crippen molar-refractivity contribution in [3.63, 3.8) is 0 Å². The molecular weight excluding hydrogens is 212 g/mol. The Morgan fingerprint density at radius 2 is 1.50 bits per heavy atom. The van der Waals surface area contributed by atoms with Gasteiger partial charge in [0.05, 0.1) is 13.2 Å². The normalized spacial score (nSPS) is 13.1. The van der Waals surface area contributed by atoms with Crippen molar-refractivity contribution in [3.05, 3.63) is 0 Å². The van der Waals surface area contributed by atoms with Gasteiger partial charge in [-0.3, -0.25) is 15.2 Å². The first-order chi connectivity index (χ1) is 6.37. The van der Waals surface area contributed by atoms with E-state index in [1.54, 1.807) is 0 Å². The first kappa shape index (κ1) is 13.8. The zero-order valence-corrected chi connectivity index (χ0v) is 8.71. The van der Waals surface area contributed by atoms with Crippen LogP contribution in [0.15, 0.2) is 0 Å². The first-order valence-electron chi connectivity index (χ1n) is 4.06. The van der Waals surface area contributed by atoms with Crippen LogP contribution in [0.25, 0.3) is 0 Å². The lowest BCUT2D eigenvalue weighted by atomic mass is 10.5. The van der Waals surface area contributed by atoms with Gasteiger partial charge in [0.25, 0.3) is 10.1 Å². The fourth-order valence-electron chi connectivity index (χ4n) is 0.834. The third kappa shape index (κ3) is 3.86. The summed E-state index contributed by atoms with van der Waals surface area (Å²) in [7, 11) is -4.35. The van der Waals surface area contributed by atoms with Gasteiger partial charge in [-0.2, -0.15) is 8.42 Å². The van der Waals surface area contributed by atoms with E-state index in [4.69, 9.17) is 14.8 Å². The second-order valence-corrected chi connectivity index (χ2v) is 4.58. The van der Waals surface area contributed by atoms with Gasteiger partial charge in [-0.25, -0.2) is 0 Å². The van der Waals surface area contributed by atoms with Crippen LogP contribution in [-0.2, 0) is 10.1 Å². The van der Waals surface area contributed by atoms with Crippen molar-refractivity contribution < 1.29 is 23.2 Å². The van der Waals surface area contributed by atoms with Crippen LogP contribution in [0.1, 0.15) is 6.92 Å². The molecule has 0 aromatic carbocycles. The van der Waals surface area contributed by atoms with Gasteiger partial charge in [-0.05, 0) is 6.92 Å². The maximum absolute atomic E-state index is 10.9. The monoisotopic (exact) mass is 228 g/mol. The largest absolute Gasteiger partial charge is 0.395 e. The summed E-state index contributed by atoms with van der Waals surface area (Å²) in [6.07, 6.45) is 0. The number of hydrogen-bond donors (Lipinski definition) is 5. The summed E-state index contributed by atoms with van der Waals surface area (Å²) < 4.78 is 30.7. The molecular formula is C6H16N2O5S. The molecule has 0 aliphatic rings. The third-order valence-corrected chi connectivity index (χ3v) is 2.98. The predicted octanol–water partition coefficient (Wildman–Crippen LogP) is -2.29. The number of nitrogens with one attached hydrogen (secondary N) is 2. The Morgan fingerprint density at radius 3 is 1.71 bits per heavy atom. The molecule has 14 heavy (non-hydrogen) atoms. The van der Waals surface area contributed by atoms with Crippen LogP contribution in [-0.4, -0.2) is 54.5 Å². The van der Waals surface area contributed by atoms with Crippen LogP contribution >= 0.6 is 0 Å². The summed E-state index contributed by atoms with van der Waals surface area (Å²) in [5.41, 5.74) is 0. The second-order valence-electron chi connectivity index (χ2n) is 2.81. The topological polar surface area (TPSA) is 119 Å². The molecule has 0 saturated heterocycles. The van der Waals surface area contributed by atoms with Crippen LogP contribution in [0.5, 0.6) is 0 Å². The quantitative estimate of drug-likeness (QED) is 0.246. The molecule has 86 valence electrons. The van der Waals surface area contributed by atoms with Crippen molar-refractivity contribution in [1.29, 1.82) is 0 Å². The Morgan fingerprint density at radius 1 is 1.14 bits per heavy atom. The van der Waals surface area contributed by atoms with E-state index < -0.39 is 15.1 Å². The van der Waals surface area contributed by atoms with Crippen LogP contribution in [0.2, 0.25) is 0 Å². The van der Waals surface area contributed by atoms with Crippen molar-refractivity contribution in [1.82, 2.24) is 10.6 Å². The summed E-state index contributed by atoms with van der Waals surface area (Å²) in [5.74, 6) is 0. The average molecular weight is 228 g/mol. The fraction of sp³-hybridized carbons (Fsp3) is 1.00. The maximum atomic E-state index is 10.9. The van der Waals surface area contributed by atoms with Crippen LogP contribution in [0.4, 0.5) is 0 Å². The van der Waals surface area contributed by atoms with E-state index in [0.717, 1.165) is 0 Å². The molecule has 0 saturated carbocycles. The Hall–Kier alpha value is -0.250. The van der Waals surface area contributed by atoms with Crippen LogP contribution < -0.4 is 10.6 Å². The lowest BCUT2D eigenvalue weighted by Gasteiger charge is -2.28. The Kier molecular flexibility index (Phi) is 5.49. The number of rotatable bonds is 7. The number of hydrogen-bond acceptors (Lipinski definition) is 6. The van der Waals surface area contributed by atoms with Gasteiger partial charge in [0.15, 0.2) is 4.99 Å². The molecule has 0 aliphatic carbocycles. The summed E-state index contributed by atoms with van der Waals surface area (Å²) in [6.45, 7) is 0.703. The molecule has 0 aromatic heterocycles. The lowest BCUT2D eigenvalue weighted by Crippen LogP contribution is -2.61.